The van der Waals surface area contributed by atoms with Gasteiger partial charge in [-0.15, -0.1) is 10.2 Å². The van der Waals surface area contributed by atoms with Gasteiger partial charge in [-0.3, -0.25) is 4.79 Å². The molecule has 6 nitrogen and oxygen atoms in total. The number of benzene rings is 2. The number of rotatable bonds is 5. The number of carbonyl (C=O) groups is 1. The zero-order valence-corrected chi connectivity index (χ0v) is 18.4. The Balaban J connectivity index is 1.51. The zero-order chi connectivity index (χ0) is 20.3. The number of carbonyl (C=O) groups excluding carboxylic acids is 1. The van der Waals surface area contributed by atoms with E-state index in [1.807, 2.05) is 60.1 Å². The molecule has 4 rings (SSSR count). The lowest BCUT2D eigenvalue weighted by Crippen LogP contribution is -2.44. The fraction of sp³-hybridized carbons (Fsp3) is 0.286. The number of nitrogens with zero attached hydrogens (tertiary/aromatic N) is 3. The fourth-order valence-electron chi connectivity index (χ4n) is 3.46. The molecule has 0 spiro atoms. The Labute approximate surface area is 182 Å². The standard InChI is InChI=1S/C21H21BrN4O2S/c1-26-14-23-25-20(26)29-18-8-6-17(7-9-18)24-19(27)21(10-12-28-13-11-21)15-2-4-16(22)5-3-15/h2-9,14H,10-13H2,1H3,(H,24,27). The smallest absolute Gasteiger partial charge is 0.235 e. The number of nitrogens with one attached hydrogen (secondary N) is 1. The minimum Gasteiger partial charge on any atom is -0.381 e. The molecule has 29 heavy (non-hydrogen) atoms. The monoisotopic (exact) mass is 472 g/mol. The number of ether oxygens (including phenoxy) is 1. The van der Waals surface area contributed by atoms with E-state index < -0.39 is 5.41 Å². The summed E-state index contributed by atoms with van der Waals surface area (Å²) >= 11 is 5.00. The SMILES string of the molecule is Cn1cnnc1Sc1ccc(NC(=O)C2(c3ccc(Br)cc3)CCOCC2)cc1. The average molecular weight is 473 g/mol. The van der Waals surface area contributed by atoms with E-state index in [4.69, 9.17) is 4.74 Å². The lowest BCUT2D eigenvalue weighted by atomic mass is 9.73. The molecule has 0 atom stereocenters. The first kappa shape index (κ1) is 20.1. The lowest BCUT2D eigenvalue weighted by Gasteiger charge is -2.36. The van der Waals surface area contributed by atoms with Crippen molar-refractivity contribution >= 4 is 39.3 Å². The van der Waals surface area contributed by atoms with E-state index in [1.54, 1.807) is 6.33 Å². The van der Waals surface area contributed by atoms with Crippen LogP contribution < -0.4 is 5.32 Å². The van der Waals surface area contributed by atoms with Gasteiger partial charge in [0.2, 0.25) is 5.91 Å². The Morgan fingerprint density at radius 3 is 2.45 bits per heavy atom. The van der Waals surface area contributed by atoms with Gasteiger partial charge in [0.25, 0.3) is 0 Å². The molecule has 0 aliphatic carbocycles. The molecule has 1 aromatic heterocycles. The van der Waals surface area contributed by atoms with Gasteiger partial charge in [-0.1, -0.05) is 28.1 Å². The van der Waals surface area contributed by atoms with Crippen molar-refractivity contribution in [3.8, 4) is 0 Å². The molecule has 8 heteroatoms. The van der Waals surface area contributed by atoms with Gasteiger partial charge in [0.1, 0.15) is 6.33 Å². The van der Waals surface area contributed by atoms with Gasteiger partial charge in [-0.05, 0) is 66.6 Å². The molecule has 1 N–H and O–H groups in total. The molecule has 0 bridgehead atoms. The van der Waals surface area contributed by atoms with Crippen molar-refractivity contribution in [1.29, 1.82) is 0 Å². The number of halogens is 1. The van der Waals surface area contributed by atoms with Crippen LogP contribution in [0.1, 0.15) is 18.4 Å². The number of aryl methyl sites for hydroxylation is 1. The van der Waals surface area contributed by atoms with Gasteiger partial charge in [-0.2, -0.15) is 0 Å². The van der Waals surface area contributed by atoms with E-state index >= 15 is 0 Å². The molecule has 0 saturated carbocycles. The predicted molar refractivity (Wildman–Crippen MR) is 116 cm³/mol. The van der Waals surface area contributed by atoms with Gasteiger partial charge in [-0.25, -0.2) is 0 Å². The summed E-state index contributed by atoms with van der Waals surface area (Å²) < 4.78 is 8.41. The maximum atomic E-state index is 13.4. The molecule has 1 aliphatic rings. The average Bonchev–Trinajstić information content (AvgIpc) is 3.15. The van der Waals surface area contributed by atoms with Gasteiger partial charge in [0, 0.05) is 35.3 Å². The third kappa shape index (κ3) is 4.39. The molecule has 150 valence electrons. The van der Waals surface area contributed by atoms with E-state index in [-0.39, 0.29) is 5.91 Å². The van der Waals surface area contributed by atoms with Gasteiger partial charge < -0.3 is 14.6 Å². The zero-order valence-electron chi connectivity index (χ0n) is 16.0. The summed E-state index contributed by atoms with van der Waals surface area (Å²) in [6.07, 6.45) is 3.01. The Hall–Kier alpha value is -2.16. The van der Waals surface area contributed by atoms with E-state index in [2.05, 4.69) is 31.4 Å². The van der Waals surface area contributed by atoms with E-state index in [9.17, 15) is 4.79 Å². The van der Waals surface area contributed by atoms with E-state index in [0.717, 1.165) is 25.8 Å². The van der Waals surface area contributed by atoms with Crippen molar-refractivity contribution in [2.75, 3.05) is 18.5 Å². The summed E-state index contributed by atoms with van der Waals surface area (Å²) in [4.78, 5) is 14.4. The molecular weight excluding hydrogens is 452 g/mol. The van der Waals surface area contributed by atoms with E-state index in [1.165, 1.54) is 11.8 Å². The highest BCUT2D eigenvalue weighted by Crippen LogP contribution is 2.37. The maximum absolute atomic E-state index is 13.4. The molecular formula is C21H21BrN4O2S. The van der Waals surface area contributed by atoms with Crippen LogP contribution in [-0.4, -0.2) is 33.9 Å². The van der Waals surface area contributed by atoms with Crippen LogP contribution in [0.3, 0.4) is 0 Å². The van der Waals surface area contributed by atoms with Crippen LogP contribution in [0.2, 0.25) is 0 Å². The topological polar surface area (TPSA) is 69.0 Å². The van der Waals surface area contributed by atoms with Crippen LogP contribution in [-0.2, 0) is 22.0 Å². The largest absolute Gasteiger partial charge is 0.381 e. The molecule has 2 aromatic carbocycles. The second-order valence-electron chi connectivity index (χ2n) is 7.01. The quantitative estimate of drug-likeness (QED) is 0.595. The van der Waals surface area contributed by atoms with Crippen LogP contribution in [0.15, 0.2) is 69.4 Å². The highest BCUT2D eigenvalue weighted by Gasteiger charge is 2.41. The van der Waals surface area contributed by atoms with Crippen molar-refractivity contribution in [2.24, 2.45) is 7.05 Å². The molecule has 2 heterocycles. The summed E-state index contributed by atoms with van der Waals surface area (Å²) in [6.45, 7) is 1.16. The van der Waals surface area contributed by atoms with Crippen molar-refractivity contribution < 1.29 is 9.53 Å². The minimum absolute atomic E-state index is 0.0110. The second kappa shape index (κ2) is 8.69. The fourth-order valence-corrected chi connectivity index (χ4v) is 4.49. The number of aromatic nitrogens is 3. The molecule has 0 radical (unpaired) electrons. The maximum Gasteiger partial charge on any atom is 0.235 e. The van der Waals surface area contributed by atoms with Crippen LogP contribution in [0, 0.1) is 0 Å². The van der Waals surface area contributed by atoms with Crippen molar-refractivity contribution in [2.45, 2.75) is 28.3 Å². The molecule has 1 aliphatic heterocycles. The molecule has 1 saturated heterocycles. The van der Waals surface area contributed by atoms with Gasteiger partial charge in [0.15, 0.2) is 5.16 Å². The number of amides is 1. The molecule has 0 unspecified atom stereocenters. The number of anilines is 1. The predicted octanol–water partition coefficient (Wildman–Crippen LogP) is 4.42. The summed E-state index contributed by atoms with van der Waals surface area (Å²) in [7, 11) is 1.91. The van der Waals surface area contributed by atoms with Gasteiger partial charge in [0.05, 0.1) is 5.41 Å². The van der Waals surface area contributed by atoms with E-state index in [0.29, 0.717) is 26.1 Å². The van der Waals surface area contributed by atoms with Crippen molar-refractivity contribution in [3.63, 3.8) is 0 Å². The Bertz CT molecular complexity index is 983. The van der Waals surface area contributed by atoms with Crippen molar-refractivity contribution in [1.82, 2.24) is 14.8 Å². The Kier molecular flexibility index (Phi) is 6.03. The molecule has 3 aromatic rings. The third-order valence-corrected chi connectivity index (χ3v) is 6.76. The number of hydrogen-bond acceptors (Lipinski definition) is 5. The number of hydrogen-bond donors (Lipinski definition) is 1. The Morgan fingerprint density at radius 1 is 1.14 bits per heavy atom. The summed E-state index contributed by atoms with van der Waals surface area (Å²) in [6, 6.07) is 15.8. The summed E-state index contributed by atoms with van der Waals surface area (Å²) in [5, 5.41) is 11.9. The highest BCUT2D eigenvalue weighted by atomic mass is 79.9. The van der Waals surface area contributed by atoms with Crippen LogP contribution >= 0.6 is 27.7 Å². The third-order valence-electron chi connectivity index (χ3n) is 5.17. The van der Waals surface area contributed by atoms with Crippen molar-refractivity contribution in [3.05, 3.63) is 64.9 Å². The Morgan fingerprint density at radius 2 is 1.83 bits per heavy atom. The first-order chi connectivity index (χ1) is 14.1. The molecule has 1 fully saturated rings. The first-order valence-corrected chi connectivity index (χ1v) is 10.9. The molecule has 1 amide bonds. The first-order valence-electron chi connectivity index (χ1n) is 9.34. The van der Waals surface area contributed by atoms with Gasteiger partial charge >= 0.3 is 0 Å². The highest BCUT2D eigenvalue weighted by molar-refractivity contribution is 9.10. The van der Waals surface area contributed by atoms with Crippen LogP contribution in [0.25, 0.3) is 0 Å². The second-order valence-corrected chi connectivity index (χ2v) is 8.96. The normalized spacial score (nSPS) is 15.8. The summed E-state index contributed by atoms with van der Waals surface area (Å²) in [5.74, 6) is 0.0110. The van der Waals surface area contributed by atoms with Crippen LogP contribution in [0.5, 0.6) is 0 Å². The minimum atomic E-state index is -0.578. The van der Waals surface area contributed by atoms with Crippen LogP contribution in [0.4, 0.5) is 5.69 Å². The summed E-state index contributed by atoms with van der Waals surface area (Å²) in [5.41, 5.74) is 1.22. The lowest BCUT2D eigenvalue weighted by molar-refractivity contribution is -0.125.